The molecule has 0 aliphatic carbocycles. The Morgan fingerprint density at radius 2 is 1.70 bits per heavy atom. The number of nitrogens with one attached hydrogen (secondary N) is 1. The minimum absolute atomic E-state index is 0.144. The van der Waals surface area contributed by atoms with E-state index in [2.05, 4.69) is 5.32 Å². The van der Waals surface area contributed by atoms with Crippen LogP contribution >= 0.6 is 0 Å². The maximum absolute atomic E-state index is 14.3. The van der Waals surface area contributed by atoms with E-state index < -0.39 is 5.82 Å². The van der Waals surface area contributed by atoms with Crippen LogP contribution in [0.5, 0.6) is 5.75 Å². The second-order valence-corrected chi connectivity index (χ2v) is 5.97. The number of anilines is 1. The van der Waals surface area contributed by atoms with Crippen LogP contribution in [0.25, 0.3) is 0 Å². The largest absolute Gasteiger partial charge is 0.497 e. The van der Waals surface area contributed by atoms with Gasteiger partial charge in [0.25, 0.3) is 5.91 Å². The van der Waals surface area contributed by atoms with E-state index in [1.807, 2.05) is 30.3 Å². The molecule has 0 aliphatic rings. The molecule has 0 unspecified atom stereocenters. The van der Waals surface area contributed by atoms with Gasteiger partial charge in [-0.05, 0) is 42.0 Å². The number of ether oxygens (including phenoxy) is 2. The third-order valence-electron chi connectivity index (χ3n) is 4.03. The number of carbonyl (C=O) groups excluding carboxylic acids is 1. The van der Waals surface area contributed by atoms with Crippen LogP contribution in [0, 0.1) is 5.82 Å². The zero-order valence-electron chi connectivity index (χ0n) is 14.9. The average molecular weight is 365 g/mol. The van der Waals surface area contributed by atoms with E-state index in [4.69, 9.17) is 9.47 Å². The lowest BCUT2D eigenvalue weighted by Gasteiger charge is -2.09. The van der Waals surface area contributed by atoms with Gasteiger partial charge < -0.3 is 14.8 Å². The molecule has 1 amide bonds. The van der Waals surface area contributed by atoms with Gasteiger partial charge in [-0.1, -0.05) is 36.4 Å². The highest BCUT2D eigenvalue weighted by molar-refractivity contribution is 6.04. The molecule has 0 fully saturated rings. The van der Waals surface area contributed by atoms with Gasteiger partial charge >= 0.3 is 0 Å². The molecular formula is C22H20FNO3. The summed E-state index contributed by atoms with van der Waals surface area (Å²) < 4.78 is 25.0. The topological polar surface area (TPSA) is 47.6 Å². The Morgan fingerprint density at radius 3 is 2.37 bits per heavy atom. The fraction of sp³-hybridized carbons (Fsp3) is 0.136. The zero-order valence-corrected chi connectivity index (χ0v) is 14.9. The van der Waals surface area contributed by atoms with Crippen molar-refractivity contribution in [2.45, 2.75) is 13.2 Å². The monoisotopic (exact) mass is 365 g/mol. The Bertz CT molecular complexity index is 895. The Kier molecular flexibility index (Phi) is 6.18. The van der Waals surface area contributed by atoms with Gasteiger partial charge in [0.1, 0.15) is 11.6 Å². The van der Waals surface area contributed by atoms with Gasteiger partial charge in [-0.3, -0.25) is 4.79 Å². The molecule has 0 saturated heterocycles. The molecule has 0 aromatic heterocycles. The third-order valence-corrected chi connectivity index (χ3v) is 4.03. The van der Waals surface area contributed by atoms with Crippen molar-refractivity contribution in [3.63, 3.8) is 0 Å². The molecule has 5 heteroatoms. The zero-order chi connectivity index (χ0) is 19.1. The lowest BCUT2D eigenvalue weighted by molar-refractivity contribution is 0.102. The van der Waals surface area contributed by atoms with Crippen molar-refractivity contribution in [3.05, 3.63) is 95.3 Å². The van der Waals surface area contributed by atoms with Crippen molar-refractivity contribution < 1.29 is 18.7 Å². The average Bonchev–Trinajstić information content (AvgIpc) is 2.71. The lowest BCUT2D eigenvalue weighted by Crippen LogP contribution is -2.12. The molecule has 0 saturated carbocycles. The predicted octanol–water partition coefficient (Wildman–Crippen LogP) is 4.80. The van der Waals surface area contributed by atoms with Gasteiger partial charge in [0, 0.05) is 16.8 Å². The molecular weight excluding hydrogens is 345 g/mol. The van der Waals surface area contributed by atoms with Crippen LogP contribution in [0.1, 0.15) is 21.5 Å². The molecule has 0 bridgehead atoms. The van der Waals surface area contributed by atoms with Crippen molar-refractivity contribution in [1.29, 1.82) is 0 Å². The third kappa shape index (κ3) is 5.15. The number of methoxy groups -OCH3 is 1. The van der Waals surface area contributed by atoms with Crippen LogP contribution in [-0.4, -0.2) is 13.0 Å². The first-order valence-electron chi connectivity index (χ1n) is 8.51. The minimum atomic E-state index is -0.421. The predicted molar refractivity (Wildman–Crippen MR) is 102 cm³/mol. The Morgan fingerprint density at radius 1 is 0.963 bits per heavy atom. The minimum Gasteiger partial charge on any atom is -0.497 e. The van der Waals surface area contributed by atoms with E-state index in [1.54, 1.807) is 43.5 Å². The normalized spacial score (nSPS) is 10.4. The van der Waals surface area contributed by atoms with Crippen molar-refractivity contribution in [2.75, 3.05) is 12.4 Å². The molecule has 0 aliphatic heterocycles. The summed E-state index contributed by atoms with van der Waals surface area (Å²) in [4.78, 5) is 12.1. The molecule has 0 spiro atoms. The maximum atomic E-state index is 14.3. The summed E-state index contributed by atoms with van der Waals surface area (Å²) in [7, 11) is 1.61. The van der Waals surface area contributed by atoms with E-state index in [9.17, 15) is 9.18 Å². The molecule has 1 N–H and O–H groups in total. The molecule has 0 atom stereocenters. The standard InChI is InChI=1S/C22H20FNO3/c1-26-20-11-7-16(8-12-20)14-27-15-18-9-10-19(13-21(18)23)24-22(25)17-5-3-2-4-6-17/h2-13H,14-15H2,1H3,(H,24,25). The maximum Gasteiger partial charge on any atom is 0.255 e. The molecule has 27 heavy (non-hydrogen) atoms. The quantitative estimate of drug-likeness (QED) is 0.654. The van der Waals surface area contributed by atoms with Crippen molar-refractivity contribution >= 4 is 11.6 Å². The summed E-state index contributed by atoms with van der Waals surface area (Å²) in [5.41, 5.74) is 2.33. The van der Waals surface area contributed by atoms with Crippen molar-refractivity contribution in [2.24, 2.45) is 0 Å². The van der Waals surface area contributed by atoms with Crippen molar-refractivity contribution in [1.82, 2.24) is 0 Å². The van der Waals surface area contributed by atoms with Gasteiger partial charge in [0.15, 0.2) is 0 Å². The summed E-state index contributed by atoms with van der Waals surface area (Å²) in [6.07, 6.45) is 0. The van der Waals surface area contributed by atoms with Crippen molar-refractivity contribution in [3.8, 4) is 5.75 Å². The number of rotatable bonds is 7. The first-order valence-corrected chi connectivity index (χ1v) is 8.51. The van der Waals surface area contributed by atoms with E-state index in [1.165, 1.54) is 6.07 Å². The highest BCUT2D eigenvalue weighted by atomic mass is 19.1. The van der Waals surface area contributed by atoms with Gasteiger partial charge in [0.2, 0.25) is 0 Å². The Hall–Kier alpha value is -3.18. The van der Waals surface area contributed by atoms with Crippen LogP contribution in [0.4, 0.5) is 10.1 Å². The smallest absolute Gasteiger partial charge is 0.255 e. The molecule has 138 valence electrons. The summed E-state index contributed by atoms with van der Waals surface area (Å²) in [5, 5.41) is 2.69. The number of carbonyl (C=O) groups is 1. The van der Waals surface area contributed by atoms with E-state index in [0.717, 1.165) is 11.3 Å². The second kappa shape index (κ2) is 8.96. The summed E-state index contributed by atoms with van der Waals surface area (Å²) in [6.45, 7) is 0.515. The molecule has 4 nitrogen and oxygen atoms in total. The van der Waals surface area contributed by atoms with Crippen LogP contribution in [0.15, 0.2) is 72.8 Å². The first kappa shape index (κ1) is 18.6. The van der Waals surface area contributed by atoms with Gasteiger partial charge in [-0.15, -0.1) is 0 Å². The Labute approximate surface area is 157 Å². The number of hydrogen-bond acceptors (Lipinski definition) is 3. The fourth-order valence-corrected chi connectivity index (χ4v) is 2.54. The number of benzene rings is 3. The summed E-state index contributed by atoms with van der Waals surface area (Å²) >= 11 is 0. The van der Waals surface area contributed by atoms with Gasteiger partial charge in [-0.2, -0.15) is 0 Å². The second-order valence-electron chi connectivity index (χ2n) is 5.97. The number of halogens is 1. The van der Waals surface area contributed by atoms with Crippen LogP contribution in [0.3, 0.4) is 0 Å². The van der Waals surface area contributed by atoms with Crippen LogP contribution in [-0.2, 0) is 18.0 Å². The van der Waals surface area contributed by atoms with E-state index in [0.29, 0.717) is 23.4 Å². The van der Waals surface area contributed by atoms with E-state index in [-0.39, 0.29) is 12.5 Å². The molecule has 0 radical (unpaired) electrons. The van der Waals surface area contributed by atoms with E-state index >= 15 is 0 Å². The van der Waals surface area contributed by atoms with Crippen LogP contribution in [0.2, 0.25) is 0 Å². The highest BCUT2D eigenvalue weighted by Gasteiger charge is 2.08. The molecule has 3 rings (SSSR count). The molecule has 3 aromatic rings. The Balaban J connectivity index is 1.55. The summed E-state index contributed by atoms with van der Waals surface area (Å²) in [6, 6.07) is 20.9. The van der Waals surface area contributed by atoms with Gasteiger partial charge in [0.05, 0.1) is 20.3 Å². The van der Waals surface area contributed by atoms with Crippen LogP contribution < -0.4 is 10.1 Å². The number of amides is 1. The molecule has 0 heterocycles. The fourth-order valence-electron chi connectivity index (χ4n) is 2.54. The SMILES string of the molecule is COc1ccc(COCc2ccc(NC(=O)c3ccccc3)cc2F)cc1. The lowest BCUT2D eigenvalue weighted by atomic mass is 10.1. The highest BCUT2D eigenvalue weighted by Crippen LogP contribution is 2.18. The van der Waals surface area contributed by atoms with Gasteiger partial charge in [-0.25, -0.2) is 4.39 Å². The summed E-state index contributed by atoms with van der Waals surface area (Å²) in [5.74, 6) is 0.0760. The number of hydrogen-bond donors (Lipinski definition) is 1. The molecule has 3 aromatic carbocycles. The first-order chi connectivity index (χ1) is 13.2.